The minimum Gasteiger partial charge on any atom is -0.340 e. The van der Waals surface area contributed by atoms with Gasteiger partial charge in [0.25, 0.3) is 17.7 Å². The summed E-state index contributed by atoms with van der Waals surface area (Å²) in [5, 5.41) is 4.41. The summed E-state index contributed by atoms with van der Waals surface area (Å²) >= 11 is 2.81. The van der Waals surface area contributed by atoms with Crippen LogP contribution in [0.3, 0.4) is 0 Å². The molecule has 1 aliphatic carbocycles. The van der Waals surface area contributed by atoms with Gasteiger partial charge in [0.1, 0.15) is 6.04 Å². The number of amides is 3. The van der Waals surface area contributed by atoms with Gasteiger partial charge in [-0.15, -0.1) is 22.7 Å². The van der Waals surface area contributed by atoms with Crippen molar-refractivity contribution in [2.75, 3.05) is 0 Å². The third-order valence-electron chi connectivity index (χ3n) is 4.51. The SMILES string of the molecule is CC(NC(=O)c1cccs1)C(=O)NNC(=O)c1cc2c(s1)CCCCCC2. The monoisotopic (exact) mass is 405 g/mol. The fourth-order valence-electron chi connectivity index (χ4n) is 2.99. The Hall–Kier alpha value is -2.19. The fraction of sp³-hybridized carbons (Fsp3) is 0.421. The van der Waals surface area contributed by atoms with E-state index in [1.165, 1.54) is 46.0 Å². The average molecular weight is 406 g/mol. The standard InChI is InChI=1S/C19H23N3O3S2/c1-12(20-18(24)15-9-6-10-26-15)17(23)21-22-19(25)16-11-13-7-4-2-3-5-8-14(13)27-16/h6,9-12H,2-5,7-8H2,1H3,(H,20,24)(H,21,23)(H,22,25). The van der Waals surface area contributed by atoms with Crippen molar-refractivity contribution in [2.24, 2.45) is 0 Å². The van der Waals surface area contributed by atoms with Crippen molar-refractivity contribution in [1.82, 2.24) is 16.2 Å². The summed E-state index contributed by atoms with van der Waals surface area (Å²) in [6, 6.07) is 4.64. The molecule has 1 unspecified atom stereocenters. The summed E-state index contributed by atoms with van der Waals surface area (Å²) in [4.78, 5) is 38.9. The Morgan fingerprint density at radius 2 is 1.78 bits per heavy atom. The molecule has 0 saturated heterocycles. The van der Waals surface area contributed by atoms with E-state index in [9.17, 15) is 14.4 Å². The van der Waals surface area contributed by atoms with E-state index in [-0.39, 0.29) is 11.8 Å². The third kappa shape index (κ3) is 5.17. The molecular formula is C19H23N3O3S2. The van der Waals surface area contributed by atoms with E-state index in [4.69, 9.17) is 0 Å². The van der Waals surface area contributed by atoms with Gasteiger partial charge < -0.3 is 5.32 Å². The minimum absolute atomic E-state index is 0.308. The highest BCUT2D eigenvalue weighted by molar-refractivity contribution is 7.14. The molecule has 0 aromatic carbocycles. The molecule has 144 valence electrons. The summed E-state index contributed by atoms with van der Waals surface area (Å²) in [6.45, 7) is 1.57. The first-order valence-electron chi connectivity index (χ1n) is 9.10. The Kier molecular flexibility index (Phi) is 6.63. The lowest BCUT2D eigenvalue weighted by molar-refractivity contribution is -0.123. The van der Waals surface area contributed by atoms with Crippen LogP contribution >= 0.6 is 22.7 Å². The van der Waals surface area contributed by atoms with Crippen molar-refractivity contribution in [2.45, 2.75) is 51.5 Å². The number of thiophene rings is 2. The van der Waals surface area contributed by atoms with Crippen molar-refractivity contribution in [3.8, 4) is 0 Å². The summed E-state index contributed by atoms with van der Waals surface area (Å²) in [7, 11) is 0. The van der Waals surface area contributed by atoms with E-state index < -0.39 is 11.9 Å². The first-order chi connectivity index (χ1) is 13.0. The largest absolute Gasteiger partial charge is 0.340 e. The van der Waals surface area contributed by atoms with Crippen LogP contribution in [0.4, 0.5) is 0 Å². The highest BCUT2D eigenvalue weighted by Gasteiger charge is 2.19. The number of hydrogen-bond acceptors (Lipinski definition) is 5. The molecule has 0 fully saturated rings. The molecule has 6 nitrogen and oxygen atoms in total. The molecule has 0 bridgehead atoms. The number of hydrazine groups is 1. The van der Waals surface area contributed by atoms with E-state index in [2.05, 4.69) is 16.2 Å². The van der Waals surface area contributed by atoms with Crippen LogP contribution in [-0.4, -0.2) is 23.8 Å². The Balaban J connectivity index is 1.51. The first kappa shape index (κ1) is 19.6. The molecule has 3 amide bonds. The normalized spacial score (nSPS) is 15.0. The van der Waals surface area contributed by atoms with E-state index >= 15 is 0 Å². The van der Waals surface area contributed by atoms with Crippen molar-refractivity contribution >= 4 is 40.4 Å². The second kappa shape index (κ2) is 9.14. The van der Waals surface area contributed by atoms with Crippen LogP contribution in [-0.2, 0) is 17.6 Å². The highest BCUT2D eigenvalue weighted by Crippen LogP contribution is 2.28. The van der Waals surface area contributed by atoms with Crippen molar-refractivity contribution in [3.63, 3.8) is 0 Å². The van der Waals surface area contributed by atoms with Gasteiger partial charge in [-0.1, -0.05) is 18.9 Å². The molecule has 0 saturated carbocycles. The van der Waals surface area contributed by atoms with Gasteiger partial charge in [0.15, 0.2) is 0 Å². The Morgan fingerprint density at radius 1 is 1.00 bits per heavy atom. The molecule has 2 aromatic rings. The molecule has 0 aliphatic heterocycles. The smallest absolute Gasteiger partial charge is 0.279 e. The molecule has 1 aliphatic rings. The molecule has 27 heavy (non-hydrogen) atoms. The maximum atomic E-state index is 12.4. The topological polar surface area (TPSA) is 87.3 Å². The van der Waals surface area contributed by atoms with Crippen LogP contribution in [0.15, 0.2) is 23.6 Å². The summed E-state index contributed by atoms with van der Waals surface area (Å²) in [5.74, 6) is -1.10. The zero-order valence-corrected chi connectivity index (χ0v) is 16.8. The quantitative estimate of drug-likeness (QED) is 0.683. The van der Waals surface area contributed by atoms with E-state index in [0.29, 0.717) is 9.75 Å². The number of carbonyl (C=O) groups excluding carboxylic acids is 3. The van der Waals surface area contributed by atoms with Gasteiger partial charge in [-0.2, -0.15) is 0 Å². The van der Waals surface area contributed by atoms with E-state index in [1.54, 1.807) is 24.4 Å². The molecule has 8 heteroatoms. The van der Waals surface area contributed by atoms with E-state index in [0.717, 1.165) is 25.7 Å². The predicted molar refractivity (Wildman–Crippen MR) is 107 cm³/mol. The minimum atomic E-state index is -0.761. The highest BCUT2D eigenvalue weighted by atomic mass is 32.1. The van der Waals surface area contributed by atoms with Crippen LogP contribution in [0.2, 0.25) is 0 Å². The zero-order chi connectivity index (χ0) is 19.2. The second-order valence-electron chi connectivity index (χ2n) is 6.59. The number of carbonyl (C=O) groups is 3. The summed E-state index contributed by atoms with van der Waals surface area (Å²) in [5.41, 5.74) is 6.10. The fourth-order valence-corrected chi connectivity index (χ4v) is 4.76. The lowest BCUT2D eigenvalue weighted by atomic mass is 10.00. The maximum absolute atomic E-state index is 12.4. The number of aryl methyl sites for hydroxylation is 2. The number of rotatable bonds is 4. The van der Waals surface area contributed by atoms with Crippen LogP contribution in [0.5, 0.6) is 0 Å². The van der Waals surface area contributed by atoms with Crippen LogP contribution in [0.25, 0.3) is 0 Å². The molecular weight excluding hydrogens is 382 g/mol. The Morgan fingerprint density at radius 3 is 2.52 bits per heavy atom. The van der Waals surface area contributed by atoms with Crippen molar-refractivity contribution in [1.29, 1.82) is 0 Å². The summed E-state index contributed by atoms with van der Waals surface area (Å²) in [6.07, 6.45) is 6.82. The molecule has 3 rings (SSSR count). The zero-order valence-electron chi connectivity index (χ0n) is 15.2. The van der Waals surface area contributed by atoms with Gasteiger partial charge >= 0.3 is 0 Å². The van der Waals surface area contributed by atoms with E-state index in [1.807, 2.05) is 6.07 Å². The summed E-state index contributed by atoms with van der Waals surface area (Å²) < 4.78 is 0. The molecule has 1 atom stereocenters. The van der Waals surface area contributed by atoms with Crippen LogP contribution in [0.1, 0.15) is 62.4 Å². The number of nitrogens with one attached hydrogen (secondary N) is 3. The maximum Gasteiger partial charge on any atom is 0.279 e. The van der Waals surface area contributed by atoms with Gasteiger partial charge in [0.05, 0.1) is 9.75 Å². The average Bonchev–Trinajstić information content (AvgIpc) is 3.29. The molecule has 2 heterocycles. The Labute approximate surface area is 166 Å². The van der Waals surface area contributed by atoms with Gasteiger partial charge in [0.2, 0.25) is 0 Å². The van der Waals surface area contributed by atoms with Crippen molar-refractivity contribution < 1.29 is 14.4 Å². The first-order valence-corrected chi connectivity index (χ1v) is 10.8. The predicted octanol–water partition coefficient (Wildman–Crippen LogP) is 3.05. The lowest BCUT2D eigenvalue weighted by Crippen LogP contribution is -2.50. The molecule has 3 N–H and O–H groups in total. The van der Waals surface area contributed by atoms with Crippen molar-refractivity contribution in [3.05, 3.63) is 43.8 Å². The van der Waals surface area contributed by atoms with Crippen LogP contribution < -0.4 is 16.2 Å². The second-order valence-corrected chi connectivity index (χ2v) is 8.67. The third-order valence-corrected chi connectivity index (χ3v) is 6.61. The van der Waals surface area contributed by atoms with Gasteiger partial charge in [-0.05, 0) is 55.7 Å². The molecule has 0 radical (unpaired) electrons. The molecule has 2 aromatic heterocycles. The molecule has 0 spiro atoms. The van der Waals surface area contributed by atoms with Gasteiger partial charge in [-0.25, -0.2) is 0 Å². The number of hydrogen-bond donors (Lipinski definition) is 3. The van der Waals surface area contributed by atoms with Gasteiger partial charge in [-0.3, -0.25) is 25.2 Å². The Bertz CT molecular complexity index is 789. The van der Waals surface area contributed by atoms with Gasteiger partial charge in [0, 0.05) is 4.88 Å². The number of fused-ring (bicyclic) bond motifs is 1. The lowest BCUT2D eigenvalue weighted by Gasteiger charge is -2.13. The van der Waals surface area contributed by atoms with Crippen LogP contribution in [0, 0.1) is 0 Å².